The lowest BCUT2D eigenvalue weighted by Crippen LogP contribution is -2.53. The number of hydrogen-bond acceptors (Lipinski definition) is 5. The molecule has 4 atom stereocenters. The summed E-state index contributed by atoms with van der Waals surface area (Å²) in [6, 6.07) is 7.73. The molecule has 140 valence electrons. The minimum atomic E-state index is -0.422. The van der Waals surface area contributed by atoms with Gasteiger partial charge in [-0.05, 0) is 30.5 Å². The molecule has 2 aliphatic heterocycles. The van der Waals surface area contributed by atoms with Gasteiger partial charge >= 0.3 is 0 Å². The highest BCUT2D eigenvalue weighted by Crippen LogP contribution is 2.39. The first kappa shape index (κ1) is 18.2. The zero-order valence-electron chi connectivity index (χ0n) is 14.6. The minimum Gasteiger partial charge on any atom is -0.496 e. The molecular weight excluding hydrogens is 398 g/mol. The molecule has 2 heterocycles. The zero-order valence-corrected chi connectivity index (χ0v) is 16.2. The number of halogens is 1. The summed E-state index contributed by atoms with van der Waals surface area (Å²) in [6.45, 7) is 3.94. The maximum atomic E-state index is 13.1. The van der Waals surface area contributed by atoms with Crippen molar-refractivity contribution in [2.24, 2.45) is 11.8 Å². The van der Waals surface area contributed by atoms with Crippen LogP contribution in [-0.2, 0) is 14.3 Å². The van der Waals surface area contributed by atoms with Crippen molar-refractivity contribution in [3.63, 3.8) is 0 Å². The van der Waals surface area contributed by atoms with E-state index in [0.29, 0.717) is 18.4 Å². The Hall–Kier alpha value is -1.21. The summed E-state index contributed by atoms with van der Waals surface area (Å²) in [6.07, 6.45) is 2.27. The zero-order chi connectivity index (χ0) is 18.1. The van der Waals surface area contributed by atoms with Gasteiger partial charge in [-0.15, -0.1) is 0 Å². The number of carbonyl (C=O) groups excluding carboxylic acids is 1. The Morgan fingerprint density at radius 2 is 1.88 bits per heavy atom. The number of ketones is 1. The Labute approximate surface area is 162 Å². The van der Waals surface area contributed by atoms with Crippen LogP contribution in [0.2, 0.25) is 0 Å². The van der Waals surface area contributed by atoms with Gasteiger partial charge in [0, 0.05) is 30.0 Å². The Balaban J connectivity index is 1.54. The summed E-state index contributed by atoms with van der Waals surface area (Å²) >= 11 is 3.42. The molecule has 3 aliphatic rings. The number of aliphatic hydroxyl groups is 1. The van der Waals surface area contributed by atoms with Gasteiger partial charge in [0.15, 0.2) is 5.78 Å². The maximum absolute atomic E-state index is 13.1. The third-order valence-electron chi connectivity index (χ3n) is 5.76. The molecule has 0 bridgehead atoms. The molecule has 26 heavy (non-hydrogen) atoms. The number of hydrogen-bond donors (Lipinski definition) is 1. The number of nitrogens with zero attached hydrogens (tertiary/aromatic N) is 1. The number of Topliss-reactive ketones (excluding diaryl/α,β-unsaturated/α-hetero) is 1. The van der Waals surface area contributed by atoms with E-state index in [1.165, 1.54) is 0 Å². The van der Waals surface area contributed by atoms with Gasteiger partial charge in [0.2, 0.25) is 0 Å². The van der Waals surface area contributed by atoms with E-state index in [1.54, 1.807) is 6.26 Å². The van der Waals surface area contributed by atoms with Crippen LogP contribution < -0.4 is 0 Å². The van der Waals surface area contributed by atoms with E-state index < -0.39 is 6.10 Å². The first-order valence-corrected chi connectivity index (χ1v) is 10.1. The molecule has 0 aromatic heterocycles. The fourth-order valence-electron chi connectivity index (χ4n) is 4.27. The number of carbonyl (C=O) groups is 1. The summed E-state index contributed by atoms with van der Waals surface area (Å²) in [5, 5.41) is 10.6. The monoisotopic (exact) mass is 421 g/mol. The van der Waals surface area contributed by atoms with Gasteiger partial charge in [0.25, 0.3) is 0 Å². The van der Waals surface area contributed by atoms with Gasteiger partial charge in [-0.25, -0.2) is 0 Å². The van der Waals surface area contributed by atoms with Crippen molar-refractivity contribution in [1.29, 1.82) is 0 Å². The number of benzene rings is 1. The molecule has 6 heteroatoms. The van der Waals surface area contributed by atoms with E-state index in [-0.39, 0.29) is 23.7 Å². The lowest BCUT2D eigenvalue weighted by Gasteiger charge is -2.44. The third kappa shape index (κ3) is 3.60. The summed E-state index contributed by atoms with van der Waals surface area (Å²) in [5.74, 6) is -0.0749. The van der Waals surface area contributed by atoms with Crippen LogP contribution in [-0.4, -0.2) is 60.8 Å². The van der Waals surface area contributed by atoms with Gasteiger partial charge in [-0.2, -0.15) is 0 Å². The molecule has 4 unspecified atom stereocenters. The molecule has 0 radical (unpaired) electrons. The van der Waals surface area contributed by atoms with Crippen LogP contribution in [0, 0.1) is 11.8 Å². The molecule has 1 aliphatic carbocycles. The fourth-order valence-corrected chi connectivity index (χ4v) is 4.54. The highest BCUT2D eigenvalue weighted by atomic mass is 79.9. The minimum absolute atomic E-state index is 0.0430. The van der Waals surface area contributed by atoms with Gasteiger partial charge in [-0.3, -0.25) is 9.69 Å². The molecule has 1 N–H and O–H groups in total. The predicted molar refractivity (Wildman–Crippen MR) is 101 cm³/mol. The third-order valence-corrected chi connectivity index (χ3v) is 6.29. The highest BCUT2D eigenvalue weighted by Gasteiger charge is 2.46. The van der Waals surface area contributed by atoms with E-state index in [2.05, 4.69) is 20.8 Å². The molecular formula is C20H24BrNO4. The van der Waals surface area contributed by atoms with Gasteiger partial charge in [0.1, 0.15) is 6.10 Å². The van der Waals surface area contributed by atoms with E-state index >= 15 is 0 Å². The molecule has 0 amide bonds. The smallest absolute Gasteiger partial charge is 0.173 e. The Kier molecular flexibility index (Phi) is 5.45. The molecule has 2 fully saturated rings. The van der Waals surface area contributed by atoms with Crippen LogP contribution in [0.25, 0.3) is 5.57 Å². The molecule has 0 spiro atoms. The molecule has 5 nitrogen and oxygen atoms in total. The quantitative estimate of drug-likeness (QED) is 0.811. The first-order valence-electron chi connectivity index (χ1n) is 9.27. The van der Waals surface area contributed by atoms with E-state index in [1.807, 2.05) is 24.3 Å². The standard InChI is InChI=1S/C20H24BrNO4/c21-14-3-1-13(2-4-14)17-12-26-20-15(19(17)24)5-6-18(23)16(20)11-22-7-9-25-10-8-22/h1-4,12,15-16,18,20,23H,5-11H2. The second-order valence-corrected chi connectivity index (χ2v) is 8.25. The van der Waals surface area contributed by atoms with Crippen molar-refractivity contribution in [1.82, 2.24) is 4.90 Å². The number of fused-ring (bicyclic) bond motifs is 1. The average Bonchev–Trinajstić information content (AvgIpc) is 2.66. The number of morpholine rings is 1. The second kappa shape index (κ2) is 7.80. The van der Waals surface area contributed by atoms with E-state index in [0.717, 1.165) is 42.9 Å². The normalized spacial score (nSPS) is 32.5. The van der Waals surface area contributed by atoms with Crippen LogP contribution in [0.1, 0.15) is 18.4 Å². The number of ether oxygens (including phenoxy) is 2. The summed E-state index contributed by atoms with van der Waals surface area (Å²) in [4.78, 5) is 15.4. The first-order chi connectivity index (χ1) is 12.6. The lowest BCUT2D eigenvalue weighted by atomic mass is 9.72. The molecule has 4 rings (SSSR count). The Morgan fingerprint density at radius 1 is 1.15 bits per heavy atom. The Morgan fingerprint density at radius 3 is 2.62 bits per heavy atom. The maximum Gasteiger partial charge on any atom is 0.173 e. The Bertz CT molecular complexity index is 684. The van der Waals surface area contributed by atoms with E-state index in [9.17, 15) is 9.90 Å². The topological polar surface area (TPSA) is 59.0 Å². The second-order valence-electron chi connectivity index (χ2n) is 7.33. The molecule has 1 aromatic carbocycles. The fraction of sp³-hybridized carbons (Fsp3) is 0.550. The predicted octanol–water partition coefficient (Wildman–Crippen LogP) is 2.48. The van der Waals surface area contributed by atoms with E-state index in [4.69, 9.17) is 9.47 Å². The molecule has 1 saturated heterocycles. The van der Waals surface area contributed by atoms with Crippen LogP contribution >= 0.6 is 15.9 Å². The summed E-state index contributed by atoms with van der Waals surface area (Å²) in [5.41, 5.74) is 1.52. The van der Waals surface area contributed by atoms with Crippen molar-refractivity contribution in [2.75, 3.05) is 32.8 Å². The largest absolute Gasteiger partial charge is 0.496 e. The summed E-state index contributed by atoms with van der Waals surface area (Å²) in [7, 11) is 0. The van der Waals surface area contributed by atoms with Gasteiger partial charge in [0.05, 0.1) is 37.1 Å². The van der Waals surface area contributed by atoms with Crippen molar-refractivity contribution >= 4 is 27.3 Å². The van der Waals surface area contributed by atoms with Crippen molar-refractivity contribution in [3.8, 4) is 0 Å². The van der Waals surface area contributed by atoms with Crippen LogP contribution in [0.5, 0.6) is 0 Å². The SMILES string of the molecule is O=C1C(c2ccc(Br)cc2)=COC2C1CCC(O)C2CN1CCOCC1. The average molecular weight is 422 g/mol. The van der Waals surface area contributed by atoms with Crippen LogP contribution in [0.15, 0.2) is 35.0 Å². The highest BCUT2D eigenvalue weighted by molar-refractivity contribution is 9.10. The van der Waals surface area contributed by atoms with Crippen LogP contribution in [0.4, 0.5) is 0 Å². The number of aliphatic hydroxyl groups excluding tert-OH is 1. The van der Waals surface area contributed by atoms with Gasteiger partial charge in [-0.1, -0.05) is 28.1 Å². The van der Waals surface area contributed by atoms with Crippen molar-refractivity contribution in [2.45, 2.75) is 25.0 Å². The molecule has 1 aromatic rings. The molecule has 1 saturated carbocycles. The summed E-state index contributed by atoms with van der Waals surface area (Å²) < 4.78 is 12.5. The van der Waals surface area contributed by atoms with Gasteiger partial charge < -0.3 is 14.6 Å². The van der Waals surface area contributed by atoms with Crippen molar-refractivity contribution < 1.29 is 19.4 Å². The van der Waals surface area contributed by atoms with Crippen molar-refractivity contribution in [3.05, 3.63) is 40.6 Å². The van der Waals surface area contributed by atoms with Crippen LogP contribution in [0.3, 0.4) is 0 Å². The number of allylic oxidation sites excluding steroid dienone is 1. The number of rotatable bonds is 3. The lowest BCUT2D eigenvalue weighted by molar-refractivity contribution is -0.134.